The molecule has 1 rings (SSSR count). The normalized spacial score (nSPS) is 13.2. The van der Waals surface area contributed by atoms with Crippen molar-refractivity contribution in [3.8, 4) is 0 Å². The van der Waals surface area contributed by atoms with Gasteiger partial charge < -0.3 is 4.74 Å². The summed E-state index contributed by atoms with van der Waals surface area (Å²) < 4.78 is 55.6. The second-order valence-corrected chi connectivity index (χ2v) is 3.79. The van der Waals surface area contributed by atoms with Crippen molar-refractivity contribution in [2.45, 2.75) is 32.5 Å². The van der Waals surface area contributed by atoms with Gasteiger partial charge in [0.2, 0.25) is 0 Å². The maximum absolute atomic E-state index is 13.6. The van der Waals surface area contributed by atoms with Crippen molar-refractivity contribution >= 4 is 5.97 Å². The zero-order valence-corrected chi connectivity index (χ0v) is 9.84. The Balaban J connectivity index is 3.08. The van der Waals surface area contributed by atoms with Gasteiger partial charge in [0.15, 0.2) is 0 Å². The maximum atomic E-state index is 13.6. The Labute approximate surface area is 102 Å². The van der Waals surface area contributed by atoms with Crippen LogP contribution in [-0.4, -0.2) is 12.1 Å². The quantitative estimate of drug-likeness (QED) is 0.613. The molecule has 0 spiro atoms. The van der Waals surface area contributed by atoms with Gasteiger partial charge in [0.25, 0.3) is 0 Å². The number of rotatable bonds is 3. The van der Waals surface area contributed by atoms with Crippen molar-refractivity contribution in [1.82, 2.24) is 0 Å². The third-order valence-electron chi connectivity index (χ3n) is 2.41. The first kappa shape index (κ1) is 14.5. The molecule has 1 aromatic rings. The number of benzene rings is 1. The molecule has 18 heavy (non-hydrogen) atoms. The highest BCUT2D eigenvalue weighted by molar-refractivity contribution is 5.90. The van der Waals surface area contributed by atoms with Gasteiger partial charge in [-0.25, -0.2) is 9.18 Å². The third kappa shape index (κ3) is 3.21. The monoisotopic (exact) mass is 264 g/mol. The molecule has 0 fully saturated rings. The van der Waals surface area contributed by atoms with Gasteiger partial charge in [-0.1, -0.05) is 13.0 Å². The summed E-state index contributed by atoms with van der Waals surface area (Å²) in [5.41, 5.74) is -2.17. The Bertz CT molecular complexity index is 440. The van der Waals surface area contributed by atoms with E-state index in [1.807, 2.05) is 0 Å². The molecule has 0 aliphatic carbocycles. The number of alkyl halides is 3. The molecule has 0 N–H and O–H groups in total. The van der Waals surface area contributed by atoms with E-state index in [1.165, 1.54) is 0 Å². The number of esters is 1. The lowest BCUT2D eigenvalue weighted by Crippen LogP contribution is -2.17. The molecule has 2 nitrogen and oxygen atoms in total. The molecule has 0 saturated carbocycles. The van der Waals surface area contributed by atoms with Crippen LogP contribution in [0.15, 0.2) is 18.2 Å². The fraction of sp³-hybridized carbons (Fsp3) is 0.417. The van der Waals surface area contributed by atoms with E-state index in [2.05, 4.69) is 0 Å². The molecule has 0 bridgehead atoms. The van der Waals surface area contributed by atoms with Crippen LogP contribution < -0.4 is 0 Å². The first-order chi connectivity index (χ1) is 8.27. The lowest BCUT2D eigenvalue weighted by atomic mass is 10.1. The van der Waals surface area contributed by atoms with Crippen molar-refractivity contribution in [3.05, 3.63) is 35.1 Å². The number of carbonyl (C=O) groups is 1. The van der Waals surface area contributed by atoms with Gasteiger partial charge in [0, 0.05) is 0 Å². The molecule has 0 amide bonds. The van der Waals surface area contributed by atoms with E-state index in [0.29, 0.717) is 12.5 Å². The molecule has 1 atom stereocenters. The summed E-state index contributed by atoms with van der Waals surface area (Å²) in [5.74, 6) is -2.69. The maximum Gasteiger partial charge on any atom is 0.419 e. The van der Waals surface area contributed by atoms with Crippen LogP contribution in [0.25, 0.3) is 0 Å². The van der Waals surface area contributed by atoms with Crippen LogP contribution in [0.4, 0.5) is 17.6 Å². The fourth-order valence-electron chi connectivity index (χ4n) is 1.24. The van der Waals surface area contributed by atoms with E-state index in [9.17, 15) is 22.4 Å². The average Bonchev–Trinajstić information content (AvgIpc) is 2.27. The van der Waals surface area contributed by atoms with Gasteiger partial charge in [-0.2, -0.15) is 13.2 Å². The van der Waals surface area contributed by atoms with Crippen LogP contribution in [0.1, 0.15) is 36.2 Å². The molecule has 1 unspecified atom stereocenters. The minimum atomic E-state index is -4.84. The Hall–Kier alpha value is -1.59. The van der Waals surface area contributed by atoms with Crippen molar-refractivity contribution < 1.29 is 27.1 Å². The van der Waals surface area contributed by atoms with Crippen LogP contribution >= 0.6 is 0 Å². The topological polar surface area (TPSA) is 26.3 Å². The smallest absolute Gasteiger partial charge is 0.419 e. The zero-order chi connectivity index (χ0) is 13.9. The summed E-state index contributed by atoms with van der Waals surface area (Å²) in [4.78, 5) is 11.5. The largest absolute Gasteiger partial charge is 0.459 e. The number of hydrogen-bond donors (Lipinski definition) is 0. The van der Waals surface area contributed by atoms with Crippen LogP contribution in [0.5, 0.6) is 0 Å². The minimum absolute atomic E-state index is 0.480. The van der Waals surface area contributed by atoms with Crippen molar-refractivity contribution in [1.29, 1.82) is 0 Å². The van der Waals surface area contributed by atoms with E-state index in [-0.39, 0.29) is 0 Å². The minimum Gasteiger partial charge on any atom is -0.459 e. The number of halogens is 4. The van der Waals surface area contributed by atoms with Gasteiger partial charge in [-0.15, -0.1) is 0 Å². The molecule has 100 valence electrons. The second kappa shape index (κ2) is 5.37. The molecular formula is C12H12F4O2. The number of ether oxygens (including phenoxy) is 1. The van der Waals surface area contributed by atoms with Gasteiger partial charge in [0.05, 0.1) is 17.2 Å². The molecule has 0 aliphatic heterocycles. The van der Waals surface area contributed by atoms with Crippen LogP contribution in [0, 0.1) is 5.82 Å². The van der Waals surface area contributed by atoms with Crippen LogP contribution in [0.2, 0.25) is 0 Å². The van der Waals surface area contributed by atoms with E-state index < -0.39 is 35.2 Å². The third-order valence-corrected chi connectivity index (χ3v) is 2.41. The molecule has 1 aromatic carbocycles. The van der Waals surface area contributed by atoms with E-state index >= 15 is 0 Å². The molecular weight excluding hydrogens is 252 g/mol. The standard InChI is InChI=1S/C12H12F4O2/c1-3-7(2)18-11(17)8-5-4-6-9(10(8)13)12(14,15)16/h4-7H,3H2,1-2H3. The highest BCUT2D eigenvalue weighted by Crippen LogP contribution is 2.32. The van der Waals surface area contributed by atoms with Gasteiger partial charge >= 0.3 is 12.1 Å². The predicted molar refractivity (Wildman–Crippen MR) is 56.6 cm³/mol. The van der Waals surface area contributed by atoms with E-state index in [4.69, 9.17) is 4.74 Å². The summed E-state index contributed by atoms with van der Waals surface area (Å²) in [5, 5.41) is 0. The number of hydrogen-bond acceptors (Lipinski definition) is 2. The van der Waals surface area contributed by atoms with Crippen molar-refractivity contribution in [2.24, 2.45) is 0 Å². The predicted octanol–water partition coefficient (Wildman–Crippen LogP) is 3.80. The summed E-state index contributed by atoms with van der Waals surface area (Å²) >= 11 is 0. The zero-order valence-electron chi connectivity index (χ0n) is 9.84. The van der Waals surface area contributed by atoms with Gasteiger partial charge in [0.1, 0.15) is 5.82 Å². The van der Waals surface area contributed by atoms with E-state index in [0.717, 1.165) is 12.1 Å². The first-order valence-corrected chi connectivity index (χ1v) is 5.34. The Morgan fingerprint density at radius 1 is 1.39 bits per heavy atom. The van der Waals surface area contributed by atoms with Crippen molar-refractivity contribution in [2.75, 3.05) is 0 Å². The molecule has 6 heteroatoms. The Morgan fingerprint density at radius 2 is 2.00 bits per heavy atom. The van der Waals surface area contributed by atoms with Crippen molar-refractivity contribution in [3.63, 3.8) is 0 Å². The highest BCUT2D eigenvalue weighted by atomic mass is 19.4. The summed E-state index contributed by atoms with van der Waals surface area (Å²) in [7, 11) is 0. The Kier molecular flexibility index (Phi) is 4.32. The average molecular weight is 264 g/mol. The van der Waals surface area contributed by atoms with E-state index in [1.54, 1.807) is 13.8 Å². The summed E-state index contributed by atoms with van der Waals surface area (Å²) in [6.45, 7) is 3.31. The Morgan fingerprint density at radius 3 is 2.50 bits per heavy atom. The summed E-state index contributed by atoms with van der Waals surface area (Å²) in [6, 6.07) is 2.52. The van der Waals surface area contributed by atoms with Crippen LogP contribution in [0.3, 0.4) is 0 Å². The summed E-state index contributed by atoms with van der Waals surface area (Å²) in [6.07, 6.45) is -4.82. The lowest BCUT2D eigenvalue weighted by Gasteiger charge is -2.13. The fourth-order valence-corrected chi connectivity index (χ4v) is 1.24. The lowest BCUT2D eigenvalue weighted by molar-refractivity contribution is -0.140. The van der Waals surface area contributed by atoms with Gasteiger partial charge in [-0.3, -0.25) is 0 Å². The highest BCUT2D eigenvalue weighted by Gasteiger charge is 2.36. The molecule has 0 heterocycles. The molecule has 0 saturated heterocycles. The first-order valence-electron chi connectivity index (χ1n) is 5.34. The van der Waals surface area contributed by atoms with Gasteiger partial charge in [-0.05, 0) is 25.5 Å². The second-order valence-electron chi connectivity index (χ2n) is 3.79. The molecule has 0 radical (unpaired) electrons. The SMILES string of the molecule is CCC(C)OC(=O)c1cccc(C(F)(F)F)c1F. The number of carbonyl (C=O) groups excluding carboxylic acids is 1. The molecule has 0 aromatic heterocycles. The van der Waals surface area contributed by atoms with Crippen LogP contribution in [-0.2, 0) is 10.9 Å². The molecule has 0 aliphatic rings.